The maximum atomic E-state index is 12.4. The number of nitrogens with zero attached hydrogens (tertiary/aromatic N) is 1. The Hall–Kier alpha value is -1.88. The second kappa shape index (κ2) is 5.63. The van der Waals surface area contributed by atoms with E-state index in [4.69, 9.17) is 10.8 Å². The first-order chi connectivity index (χ1) is 9.39. The Labute approximate surface area is 118 Å². The molecule has 1 fully saturated rings. The van der Waals surface area contributed by atoms with E-state index in [2.05, 4.69) is 0 Å². The molecule has 0 radical (unpaired) electrons. The van der Waals surface area contributed by atoms with Crippen molar-refractivity contribution in [1.29, 1.82) is 0 Å². The van der Waals surface area contributed by atoms with Crippen molar-refractivity contribution in [2.45, 2.75) is 38.1 Å². The number of rotatable bonds is 5. The molecule has 1 aliphatic rings. The van der Waals surface area contributed by atoms with Crippen molar-refractivity contribution < 1.29 is 14.7 Å². The summed E-state index contributed by atoms with van der Waals surface area (Å²) in [5, 5.41) is 8.99. The van der Waals surface area contributed by atoms with Gasteiger partial charge in [0.2, 0.25) is 5.91 Å². The molecule has 0 bridgehead atoms. The Bertz CT molecular complexity index is 506. The molecule has 1 aromatic carbocycles. The second-order valence-corrected chi connectivity index (χ2v) is 5.60. The molecule has 5 heteroatoms. The Balaban J connectivity index is 2.16. The standard InChI is InChI=1S/C15H20N2O3/c1-11-3-5-12(6-4-11)17(10-14(19)20)13(18)9-15(16)7-2-8-15/h3-6H,2,7-10,16H2,1H3,(H,19,20). The maximum absolute atomic E-state index is 12.4. The molecule has 0 aliphatic heterocycles. The van der Waals surface area contributed by atoms with Crippen LogP contribution in [0.4, 0.5) is 5.69 Å². The number of hydrogen-bond acceptors (Lipinski definition) is 3. The molecule has 2 rings (SSSR count). The van der Waals surface area contributed by atoms with Gasteiger partial charge in [-0.05, 0) is 38.3 Å². The van der Waals surface area contributed by atoms with Gasteiger partial charge in [0.15, 0.2) is 0 Å². The van der Waals surface area contributed by atoms with Crippen LogP contribution in [0.5, 0.6) is 0 Å². The summed E-state index contributed by atoms with van der Waals surface area (Å²) in [6, 6.07) is 7.25. The highest BCUT2D eigenvalue weighted by atomic mass is 16.4. The van der Waals surface area contributed by atoms with Crippen LogP contribution in [0.25, 0.3) is 0 Å². The summed E-state index contributed by atoms with van der Waals surface area (Å²) in [6.45, 7) is 1.61. The molecule has 0 aromatic heterocycles. The minimum atomic E-state index is -1.03. The predicted octanol–water partition coefficient (Wildman–Crippen LogP) is 1.68. The molecular weight excluding hydrogens is 256 g/mol. The zero-order chi connectivity index (χ0) is 14.8. The van der Waals surface area contributed by atoms with Crippen LogP contribution >= 0.6 is 0 Å². The molecule has 3 N–H and O–H groups in total. The van der Waals surface area contributed by atoms with Crippen LogP contribution in [0.1, 0.15) is 31.2 Å². The van der Waals surface area contributed by atoms with Crippen LogP contribution in [-0.2, 0) is 9.59 Å². The highest BCUT2D eigenvalue weighted by Crippen LogP contribution is 2.33. The zero-order valence-electron chi connectivity index (χ0n) is 11.6. The molecule has 0 spiro atoms. The van der Waals surface area contributed by atoms with Crippen LogP contribution in [0.2, 0.25) is 0 Å². The molecule has 0 heterocycles. The van der Waals surface area contributed by atoms with E-state index in [0.717, 1.165) is 24.8 Å². The predicted molar refractivity (Wildman–Crippen MR) is 76.6 cm³/mol. The summed E-state index contributed by atoms with van der Waals surface area (Å²) in [6.07, 6.45) is 2.89. The van der Waals surface area contributed by atoms with Gasteiger partial charge in [0.1, 0.15) is 6.54 Å². The molecule has 5 nitrogen and oxygen atoms in total. The number of carboxylic acid groups (broad SMARTS) is 1. The van der Waals surface area contributed by atoms with Gasteiger partial charge in [0.25, 0.3) is 0 Å². The molecule has 20 heavy (non-hydrogen) atoms. The smallest absolute Gasteiger partial charge is 0.323 e. The zero-order valence-corrected chi connectivity index (χ0v) is 11.6. The van der Waals surface area contributed by atoms with Crippen molar-refractivity contribution in [3.8, 4) is 0 Å². The first kappa shape index (κ1) is 14.5. The van der Waals surface area contributed by atoms with Crippen molar-refractivity contribution in [2.75, 3.05) is 11.4 Å². The van der Waals surface area contributed by atoms with Crippen LogP contribution < -0.4 is 10.6 Å². The Morgan fingerprint density at radius 3 is 2.35 bits per heavy atom. The van der Waals surface area contributed by atoms with E-state index in [9.17, 15) is 9.59 Å². The van der Waals surface area contributed by atoms with Gasteiger partial charge in [-0.1, -0.05) is 17.7 Å². The molecule has 108 valence electrons. The lowest BCUT2D eigenvalue weighted by atomic mass is 9.75. The van der Waals surface area contributed by atoms with Gasteiger partial charge >= 0.3 is 5.97 Å². The van der Waals surface area contributed by atoms with E-state index in [1.165, 1.54) is 4.90 Å². The van der Waals surface area contributed by atoms with Crippen molar-refractivity contribution in [3.63, 3.8) is 0 Å². The second-order valence-electron chi connectivity index (χ2n) is 5.60. The fourth-order valence-corrected chi connectivity index (χ4v) is 2.39. The number of carboxylic acids is 1. The summed E-state index contributed by atoms with van der Waals surface area (Å²) in [4.78, 5) is 24.6. The van der Waals surface area contributed by atoms with Crippen molar-refractivity contribution in [2.24, 2.45) is 5.73 Å². The molecule has 1 aliphatic carbocycles. The number of amides is 1. The van der Waals surface area contributed by atoms with E-state index in [-0.39, 0.29) is 18.9 Å². The minimum Gasteiger partial charge on any atom is -0.480 e. The molecule has 0 saturated heterocycles. The molecule has 1 amide bonds. The van der Waals surface area contributed by atoms with Crippen molar-refractivity contribution in [3.05, 3.63) is 29.8 Å². The summed E-state index contributed by atoms with van der Waals surface area (Å²) in [5.41, 5.74) is 7.30. The lowest BCUT2D eigenvalue weighted by molar-refractivity contribution is -0.136. The number of carbonyl (C=O) groups excluding carboxylic acids is 1. The van der Waals surface area contributed by atoms with Gasteiger partial charge in [-0.25, -0.2) is 0 Å². The normalized spacial score (nSPS) is 16.3. The van der Waals surface area contributed by atoms with Crippen LogP contribution in [0.3, 0.4) is 0 Å². The topological polar surface area (TPSA) is 83.6 Å². The number of hydrogen-bond donors (Lipinski definition) is 2. The highest BCUT2D eigenvalue weighted by molar-refractivity contribution is 5.98. The van der Waals surface area contributed by atoms with Gasteiger partial charge in [-0.15, -0.1) is 0 Å². The highest BCUT2D eigenvalue weighted by Gasteiger charge is 2.36. The lowest BCUT2D eigenvalue weighted by Crippen LogP contribution is -2.51. The molecule has 1 saturated carbocycles. The van der Waals surface area contributed by atoms with Crippen LogP contribution in [0, 0.1) is 6.92 Å². The van der Waals surface area contributed by atoms with Gasteiger partial charge in [-0.2, -0.15) is 0 Å². The SMILES string of the molecule is Cc1ccc(N(CC(=O)O)C(=O)CC2(N)CCC2)cc1. The van der Waals surface area contributed by atoms with Crippen molar-refractivity contribution >= 4 is 17.6 Å². The Morgan fingerprint density at radius 2 is 1.90 bits per heavy atom. The van der Waals surface area contributed by atoms with Gasteiger partial charge < -0.3 is 15.7 Å². The summed E-state index contributed by atoms with van der Waals surface area (Å²) >= 11 is 0. The molecule has 0 unspecified atom stereocenters. The number of aryl methyl sites for hydroxylation is 1. The van der Waals surface area contributed by atoms with Crippen LogP contribution in [-0.4, -0.2) is 29.1 Å². The molecule has 0 atom stereocenters. The summed E-state index contributed by atoms with van der Waals surface area (Å²) in [5.74, 6) is -1.25. The Kier molecular flexibility index (Phi) is 4.09. The van der Waals surface area contributed by atoms with E-state index < -0.39 is 11.5 Å². The maximum Gasteiger partial charge on any atom is 0.323 e. The largest absolute Gasteiger partial charge is 0.480 e. The first-order valence-corrected chi connectivity index (χ1v) is 6.77. The minimum absolute atomic E-state index is 0.203. The number of carbonyl (C=O) groups is 2. The molecular formula is C15H20N2O3. The van der Waals surface area contributed by atoms with Gasteiger partial charge in [-0.3, -0.25) is 9.59 Å². The average molecular weight is 276 g/mol. The fraction of sp³-hybridized carbons (Fsp3) is 0.467. The van der Waals surface area contributed by atoms with E-state index >= 15 is 0 Å². The average Bonchev–Trinajstić information content (AvgIpc) is 2.35. The summed E-state index contributed by atoms with van der Waals surface area (Å²) in [7, 11) is 0. The monoisotopic (exact) mass is 276 g/mol. The number of benzene rings is 1. The number of aliphatic carboxylic acids is 1. The number of nitrogens with two attached hydrogens (primary N) is 1. The number of anilines is 1. The van der Waals surface area contributed by atoms with E-state index in [1.54, 1.807) is 12.1 Å². The molecule has 1 aromatic rings. The van der Waals surface area contributed by atoms with Crippen LogP contribution in [0.15, 0.2) is 24.3 Å². The quantitative estimate of drug-likeness (QED) is 0.857. The van der Waals surface area contributed by atoms with Crippen molar-refractivity contribution in [1.82, 2.24) is 0 Å². The fourth-order valence-electron chi connectivity index (χ4n) is 2.39. The summed E-state index contributed by atoms with van der Waals surface area (Å²) < 4.78 is 0. The lowest BCUT2D eigenvalue weighted by Gasteiger charge is -2.38. The first-order valence-electron chi connectivity index (χ1n) is 6.77. The Morgan fingerprint density at radius 1 is 1.30 bits per heavy atom. The van der Waals surface area contributed by atoms with Gasteiger partial charge in [0.05, 0.1) is 0 Å². The third-order valence-corrected chi connectivity index (χ3v) is 3.79. The van der Waals surface area contributed by atoms with E-state index in [0.29, 0.717) is 5.69 Å². The third-order valence-electron chi connectivity index (χ3n) is 3.79. The van der Waals surface area contributed by atoms with Gasteiger partial charge in [0, 0.05) is 17.6 Å². The third kappa shape index (κ3) is 3.36. The van der Waals surface area contributed by atoms with E-state index in [1.807, 2.05) is 19.1 Å².